The maximum atomic E-state index is 12.5. The molecule has 0 amide bonds. The molecule has 1 N–H and O–H groups in total. The number of rotatable bonds is 9. The van der Waals surface area contributed by atoms with Crippen molar-refractivity contribution in [1.82, 2.24) is 9.21 Å². The lowest BCUT2D eigenvalue weighted by Gasteiger charge is -2.26. The summed E-state index contributed by atoms with van der Waals surface area (Å²) in [5.74, 6) is -0.252. The molecule has 1 heterocycles. The van der Waals surface area contributed by atoms with Crippen molar-refractivity contribution in [2.45, 2.75) is 11.3 Å². The van der Waals surface area contributed by atoms with Gasteiger partial charge in [0.1, 0.15) is 12.4 Å². The van der Waals surface area contributed by atoms with Crippen LogP contribution in [-0.2, 0) is 19.6 Å². The van der Waals surface area contributed by atoms with Gasteiger partial charge in [0, 0.05) is 26.2 Å². The predicted molar refractivity (Wildman–Crippen MR) is 98.5 cm³/mol. The van der Waals surface area contributed by atoms with Gasteiger partial charge in [0.05, 0.1) is 24.5 Å². The van der Waals surface area contributed by atoms with Gasteiger partial charge in [-0.1, -0.05) is 0 Å². The Labute approximate surface area is 160 Å². The Morgan fingerprint density at radius 1 is 1.23 bits per heavy atom. The van der Waals surface area contributed by atoms with Crippen LogP contribution in [0.25, 0.3) is 0 Å². The lowest BCUT2D eigenvalue weighted by atomic mass is 10.3. The van der Waals surface area contributed by atoms with Crippen molar-refractivity contribution in [1.29, 1.82) is 0 Å². The zero-order valence-corrected chi connectivity index (χ0v) is 16.3. The monoisotopic (exact) mass is 408 g/mol. The lowest BCUT2D eigenvalue weighted by Crippen LogP contribution is -2.40. The lowest BCUT2D eigenvalue weighted by molar-refractivity contribution is -0.137. The van der Waals surface area contributed by atoms with Gasteiger partial charge in [0.2, 0.25) is 10.0 Å². The fourth-order valence-electron chi connectivity index (χ4n) is 2.36. The molecule has 1 aliphatic rings. The molecule has 0 spiro atoms. The maximum absolute atomic E-state index is 12.5. The molecular formula is C16H25ClN2O6S. The summed E-state index contributed by atoms with van der Waals surface area (Å²) in [7, 11) is -1.67. The summed E-state index contributed by atoms with van der Waals surface area (Å²) in [6, 6.07) is 6.33. The average Bonchev–Trinajstić information content (AvgIpc) is 2.61. The number of ether oxygens (including phenoxy) is 2. The van der Waals surface area contributed by atoms with Crippen molar-refractivity contribution >= 4 is 28.4 Å². The number of aliphatic carboxylic acids is 1. The molecule has 0 bridgehead atoms. The number of carboxylic acids is 1. The van der Waals surface area contributed by atoms with E-state index in [1.54, 1.807) is 12.1 Å². The number of morpholine rings is 1. The minimum Gasteiger partial charge on any atom is -0.492 e. The number of halogens is 1. The van der Waals surface area contributed by atoms with Gasteiger partial charge in [-0.2, -0.15) is 4.31 Å². The summed E-state index contributed by atoms with van der Waals surface area (Å²) in [4.78, 5) is 12.6. The van der Waals surface area contributed by atoms with E-state index in [9.17, 15) is 13.2 Å². The van der Waals surface area contributed by atoms with Gasteiger partial charge >= 0.3 is 5.97 Å². The fraction of sp³-hybridized carbons (Fsp3) is 0.562. The third-order valence-electron chi connectivity index (χ3n) is 3.88. The highest BCUT2D eigenvalue weighted by molar-refractivity contribution is 7.89. The Morgan fingerprint density at radius 2 is 1.85 bits per heavy atom. The summed E-state index contributed by atoms with van der Waals surface area (Å²) in [5, 5.41) is 8.63. The molecule has 1 aromatic rings. The molecular weight excluding hydrogens is 384 g/mol. The molecule has 0 atom stereocenters. The van der Waals surface area contributed by atoms with Gasteiger partial charge in [-0.3, -0.25) is 4.79 Å². The van der Waals surface area contributed by atoms with Crippen LogP contribution in [0.3, 0.4) is 0 Å². The highest BCUT2D eigenvalue weighted by Gasteiger charge is 2.26. The minimum atomic E-state index is -3.49. The van der Waals surface area contributed by atoms with E-state index in [1.807, 2.05) is 11.9 Å². The fourth-order valence-corrected chi connectivity index (χ4v) is 3.77. The molecule has 1 saturated heterocycles. The van der Waals surface area contributed by atoms with Crippen LogP contribution in [0.5, 0.6) is 5.75 Å². The van der Waals surface area contributed by atoms with Crippen molar-refractivity contribution in [3.63, 3.8) is 0 Å². The number of hydrogen-bond donors (Lipinski definition) is 1. The highest BCUT2D eigenvalue weighted by atomic mass is 35.5. The van der Waals surface area contributed by atoms with Crippen molar-refractivity contribution in [3.8, 4) is 5.75 Å². The van der Waals surface area contributed by atoms with Gasteiger partial charge in [-0.15, -0.1) is 12.4 Å². The van der Waals surface area contributed by atoms with Crippen LogP contribution < -0.4 is 4.74 Å². The van der Waals surface area contributed by atoms with Crippen molar-refractivity contribution in [2.24, 2.45) is 0 Å². The standard InChI is InChI=1S/C16H24N2O6S.ClH/c1-17(7-6-16(19)20)8-13-24-14-2-4-15(5-3-14)25(21,22)18-9-11-23-12-10-18;/h2-5H,6-13H2,1H3,(H,19,20);1H. The number of benzene rings is 1. The van der Waals surface area contributed by atoms with Crippen LogP contribution in [0, 0.1) is 0 Å². The van der Waals surface area contributed by atoms with Gasteiger partial charge < -0.3 is 19.5 Å². The van der Waals surface area contributed by atoms with E-state index < -0.39 is 16.0 Å². The SMILES string of the molecule is CN(CCOc1ccc(S(=O)(=O)N2CCOCC2)cc1)CCC(=O)O.Cl. The number of likely N-dealkylation sites (N-methyl/N-ethyl adjacent to an activating group) is 1. The quantitative estimate of drug-likeness (QED) is 0.648. The summed E-state index contributed by atoms with van der Waals surface area (Å²) < 4.78 is 37.2. The van der Waals surface area contributed by atoms with Crippen molar-refractivity contribution in [2.75, 3.05) is 53.0 Å². The first-order valence-corrected chi connectivity index (χ1v) is 9.55. The van der Waals surface area contributed by atoms with Crippen LogP contribution >= 0.6 is 12.4 Å². The number of carboxylic acid groups (broad SMARTS) is 1. The molecule has 0 aromatic heterocycles. The van der Waals surface area contributed by atoms with E-state index in [2.05, 4.69) is 0 Å². The molecule has 0 saturated carbocycles. The molecule has 8 nitrogen and oxygen atoms in total. The molecule has 26 heavy (non-hydrogen) atoms. The second-order valence-corrected chi connectivity index (χ2v) is 7.72. The van der Waals surface area contributed by atoms with E-state index >= 15 is 0 Å². The molecule has 1 fully saturated rings. The topological polar surface area (TPSA) is 96.4 Å². The van der Waals surface area contributed by atoms with Crippen LogP contribution in [-0.4, -0.2) is 81.7 Å². The molecule has 1 aromatic carbocycles. The van der Waals surface area contributed by atoms with Gasteiger partial charge in [0.25, 0.3) is 0 Å². The summed E-state index contributed by atoms with van der Waals surface area (Å²) >= 11 is 0. The summed E-state index contributed by atoms with van der Waals surface area (Å²) in [6.07, 6.45) is 0.0879. The van der Waals surface area contributed by atoms with E-state index in [0.29, 0.717) is 51.7 Å². The molecule has 0 unspecified atom stereocenters. The minimum absolute atomic E-state index is 0. The second kappa shape index (κ2) is 10.7. The van der Waals surface area contributed by atoms with Crippen LogP contribution in [0.1, 0.15) is 6.42 Å². The zero-order valence-electron chi connectivity index (χ0n) is 14.7. The molecule has 148 valence electrons. The summed E-state index contributed by atoms with van der Waals surface area (Å²) in [6.45, 7) is 2.99. The number of nitrogens with zero attached hydrogens (tertiary/aromatic N) is 2. The number of hydrogen-bond acceptors (Lipinski definition) is 6. The Kier molecular flexibility index (Phi) is 9.31. The smallest absolute Gasteiger partial charge is 0.304 e. The second-order valence-electron chi connectivity index (χ2n) is 5.78. The first-order valence-electron chi connectivity index (χ1n) is 8.10. The van der Waals surface area contributed by atoms with E-state index in [-0.39, 0.29) is 23.7 Å². The van der Waals surface area contributed by atoms with Crippen molar-refractivity contribution < 1.29 is 27.8 Å². The third-order valence-corrected chi connectivity index (χ3v) is 5.79. The zero-order chi connectivity index (χ0) is 18.3. The van der Waals surface area contributed by atoms with Crippen molar-refractivity contribution in [3.05, 3.63) is 24.3 Å². The molecule has 0 radical (unpaired) electrons. The molecule has 1 aliphatic heterocycles. The predicted octanol–water partition coefficient (Wildman–Crippen LogP) is 0.915. The Bertz CT molecular complexity index is 662. The van der Waals surface area contributed by atoms with Gasteiger partial charge in [-0.25, -0.2) is 8.42 Å². The number of carbonyl (C=O) groups is 1. The maximum Gasteiger partial charge on any atom is 0.304 e. The van der Waals surface area contributed by atoms with Crippen LogP contribution in [0.15, 0.2) is 29.2 Å². The number of sulfonamides is 1. The Hall–Kier alpha value is -1.39. The first kappa shape index (κ1) is 22.7. The third kappa shape index (κ3) is 6.73. The first-order chi connectivity index (χ1) is 11.9. The van der Waals surface area contributed by atoms with Crippen LogP contribution in [0.2, 0.25) is 0 Å². The Morgan fingerprint density at radius 3 is 2.42 bits per heavy atom. The average molecular weight is 409 g/mol. The van der Waals surface area contributed by atoms with E-state index in [1.165, 1.54) is 16.4 Å². The molecule has 10 heteroatoms. The van der Waals surface area contributed by atoms with Gasteiger partial charge in [0.15, 0.2) is 0 Å². The van der Waals surface area contributed by atoms with Crippen LogP contribution in [0.4, 0.5) is 0 Å². The highest BCUT2D eigenvalue weighted by Crippen LogP contribution is 2.20. The van der Waals surface area contributed by atoms with E-state index in [4.69, 9.17) is 14.6 Å². The van der Waals surface area contributed by atoms with E-state index in [0.717, 1.165) is 0 Å². The Balaban J connectivity index is 0.00000338. The largest absolute Gasteiger partial charge is 0.492 e. The van der Waals surface area contributed by atoms with Gasteiger partial charge in [-0.05, 0) is 31.3 Å². The molecule has 0 aliphatic carbocycles. The normalized spacial score (nSPS) is 15.5. The summed E-state index contributed by atoms with van der Waals surface area (Å²) in [5.41, 5.74) is 0. The molecule has 2 rings (SSSR count).